The van der Waals surface area contributed by atoms with Crippen molar-refractivity contribution in [3.63, 3.8) is 0 Å². The second-order valence-electron chi connectivity index (χ2n) is 11.4. The third kappa shape index (κ3) is 4.11. The number of pyridine rings is 2. The van der Waals surface area contributed by atoms with Gasteiger partial charge < -0.3 is 10.2 Å². The van der Waals surface area contributed by atoms with E-state index in [0.717, 1.165) is 12.5 Å². The molecule has 40 heavy (non-hydrogen) atoms. The summed E-state index contributed by atoms with van der Waals surface area (Å²) in [5.41, 5.74) is -0.297. The summed E-state index contributed by atoms with van der Waals surface area (Å²) in [7, 11) is 1.81. The minimum absolute atomic E-state index is 0.0534. The Hall–Kier alpha value is -3.38. The Balaban J connectivity index is 1.42. The third-order valence-electron chi connectivity index (χ3n) is 8.53. The van der Waals surface area contributed by atoms with Gasteiger partial charge in [-0.15, -0.1) is 11.3 Å². The van der Waals surface area contributed by atoms with Gasteiger partial charge in [0.05, 0.1) is 39.9 Å². The fourth-order valence-corrected chi connectivity index (χ4v) is 7.31. The molecule has 0 aromatic carbocycles. The third-order valence-corrected chi connectivity index (χ3v) is 9.67. The van der Waals surface area contributed by atoms with Gasteiger partial charge in [0.1, 0.15) is 5.69 Å². The van der Waals surface area contributed by atoms with Gasteiger partial charge in [0.25, 0.3) is 5.91 Å². The molecule has 6 rings (SSSR count). The maximum atomic E-state index is 13.9. The zero-order chi connectivity index (χ0) is 28.7. The van der Waals surface area contributed by atoms with Crippen LogP contribution in [0.5, 0.6) is 0 Å². The van der Waals surface area contributed by atoms with E-state index in [1.165, 1.54) is 29.4 Å². The number of fused-ring (bicyclic) bond motifs is 2. The second-order valence-corrected chi connectivity index (χ2v) is 12.5. The first-order valence-corrected chi connectivity index (χ1v) is 13.9. The van der Waals surface area contributed by atoms with E-state index in [9.17, 15) is 27.6 Å². The molecule has 210 valence electrons. The summed E-state index contributed by atoms with van der Waals surface area (Å²) in [6, 6.07) is 4.32. The lowest BCUT2D eigenvalue weighted by Crippen LogP contribution is -2.35. The molecule has 3 atom stereocenters. The molecule has 3 amide bonds. The number of nitrogens with zero attached hydrogens (tertiary/aromatic N) is 4. The Labute approximate surface area is 232 Å². The maximum Gasteiger partial charge on any atom is 0.433 e. The van der Waals surface area contributed by atoms with Crippen LogP contribution < -0.4 is 5.32 Å². The lowest BCUT2D eigenvalue weighted by molar-refractivity contribution is -0.144. The fourth-order valence-electron chi connectivity index (χ4n) is 6.19. The summed E-state index contributed by atoms with van der Waals surface area (Å²) in [5, 5.41) is 3.15. The second kappa shape index (κ2) is 9.07. The Morgan fingerprint density at radius 2 is 1.90 bits per heavy atom. The standard InChI is InChI=1S/C28H28F3N5O3S/c1-13-9-18(28(29,30)31)34-22(19(13)24(37)35-8-6-14(11-35)32-4)16-5-7-33-17-10-15(40-23(16)17)12-36-25(38)20-21(26(36)39)27(20,2)3/h5,7,9-10,14,20-21,32H,6,8,11-12H2,1-4H3/t14-,20?,21?/m0/s1. The lowest BCUT2D eigenvalue weighted by atomic mass is 9.99. The number of alkyl halides is 3. The highest BCUT2D eigenvalue weighted by molar-refractivity contribution is 7.19. The van der Waals surface area contributed by atoms with Gasteiger partial charge in [0.15, 0.2) is 0 Å². The number of halogens is 3. The normalized spacial score (nSPS) is 23.8. The van der Waals surface area contributed by atoms with Crippen molar-refractivity contribution in [1.29, 1.82) is 0 Å². The lowest BCUT2D eigenvalue weighted by Gasteiger charge is -2.21. The molecule has 3 fully saturated rings. The Bertz CT molecular complexity index is 1560. The highest BCUT2D eigenvalue weighted by atomic mass is 32.1. The number of carbonyl (C=O) groups is 3. The van der Waals surface area contributed by atoms with Crippen LogP contribution in [0, 0.1) is 24.2 Å². The van der Waals surface area contributed by atoms with Gasteiger partial charge in [-0.05, 0) is 49.6 Å². The van der Waals surface area contributed by atoms with Crippen molar-refractivity contribution in [2.75, 3.05) is 20.1 Å². The average molecular weight is 572 g/mol. The predicted molar refractivity (Wildman–Crippen MR) is 142 cm³/mol. The molecular formula is C28H28F3N5O3S. The fraction of sp³-hybridized carbons (Fsp3) is 0.464. The van der Waals surface area contributed by atoms with Gasteiger partial charge in [-0.1, -0.05) is 13.8 Å². The van der Waals surface area contributed by atoms with E-state index in [1.807, 2.05) is 20.9 Å². The molecule has 1 aliphatic carbocycles. The van der Waals surface area contributed by atoms with Gasteiger partial charge >= 0.3 is 6.18 Å². The molecule has 3 aliphatic rings. The van der Waals surface area contributed by atoms with Crippen LogP contribution in [-0.2, 0) is 22.3 Å². The number of aryl methyl sites for hydroxylation is 1. The van der Waals surface area contributed by atoms with Gasteiger partial charge in [0, 0.05) is 35.8 Å². The zero-order valence-corrected chi connectivity index (χ0v) is 23.2. The van der Waals surface area contributed by atoms with Crippen molar-refractivity contribution in [2.45, 2.75) is 46.0 Å². The van der Waals surface area contributed by atoms with Crippen LogP contribution in [0.3, 0.4) is 0 Å². The Kier molecular flexibility index (Phi) is 6.08. The van der Waals surface area contributed by atoms with Crippen LogP contribution >= 0.6 is 11.3 Å². The molecule has 2 saturated heterocycles. The molecule has 5 heterocycles. The van der Waals surface area contributed by atoms with E-state index in [0.29, 0.717) is 33.7 Å². The molecule has 2 aliphatic heterocycles. The number of piperidine rings is 1. The molecule has 0 bridgehead atoms. The van der Waals surface area contributed by atoms with Crippen LogP contribution in [0.1, 0.15) is 46.8 Å². The number of nitrogens with one attached hydrogen (secondary N) is 1. The number of likely N-dealkylation sites (tertiary alicyclic amines) is 2. The summed E-state index contributed by atoms with van der Waals surface area (Å²) in [5.74, 6) is -1.37. The van der Waals surface area contributed by atoms with E-state index in [1.54, 1.807) is 17.0 Å². The van der Waals surface area contributed by atoms with Crippen molar-refractivity contribution >= 4 is 39.3 Å². The van der Waals surface area contributed by atoms with Crippen LogP contribution in [0.25, 0.3) is 21.5 Å². The molecule has 2 unspecified atom stereocenters. The first-order valence-electron chi connectivity index (χ1n) is 13.1. The van der Waals surface area contributed by atoms with E-state index in [2.05, 4.69) is 15.3 Å². The number of hydrogen-bond donors (Lipinski definition) is 1. The molecule has 12 heteroatoms. The molecule has 1 saturated carbocycles. The quantitative estimate of drug-likeness (QED) is 0.460. The molecule has 0 radical (unpaired) electrons. The summed E-state index contributed by atoms with van der Waals surface area (Å²) >= 11 is 1.24. The summed E-state index contributed by atoms with van der Waals surface area (Å²) < 4.78 is 42.1. The number of thiophene rings is 1. The number of imide groups is 1. The monoisotopic (exact) mass is 571 g/mol. The van der Waals surface area contributed by atoms with Crippen molar-refractivity contribution in [1.82, 2.24) is 25.1 Å². The molecule has 1 N–H and O–H groups in total. The van der Waals surface area contributed by atoms with Crippen LogP contribution in [0.4, 0.5) is 13.2 Å². The smallest absolute Gasteiger partial charge is 0.337 e. The van der Waals surface area contributed by atoms with Crippen LogP contribution in [0.2, 0.25) is 0 Å². The number of aromatic nitrogens is 2. The van der Waals surface area contributed by atoms with Crippen molar-refractivity contribution in [2.24, 2.45) is 17.3 Å². The first kappa shape index (κ1) is 26.8. The topological polar surface area (TPSA) is 95.5 Å². The first-order chi connectivity index (χ1) is 18.8. The summed E-state index contributed by atoms with van der Waals surface area (Å²) in [6.07, 6.45) is -2.49. The highest BCUT2D eigenvalue weighted by Gasteiger charge is 2.72. The van der Waals surface area contributed by atoms with Crippen molar-refractivity contribution in [3.8, 4) is 11.3 Å². The minimum Gasteiger partial charge on any atom is -0.337 e. The Morgan fingerprint density at radius 1 is 1.20 bits per heavy atom. The molecule has 0 spiro atoms. The molecule has 3 aromatic rings. The van der Waals surface area contributed by atoms with Crippen molar-refractivity contribution < 1.29 is 27.6 Å². The van der Waals surface area contributed by atoms with E-state index in [4.69, 9.17) is 0 Å². The van der Waals surface area contributed by atoms with Gasteiger partial charge in [-0.25, -0.2) is 4.98 Å². The van der Waals surface area contributed by atoms with Crippen LogP contribution in [-0.4, -0.2) is 63.7 Å². The van der Waals surface area contributed by atoms with Gasteiger partial charge in [0.2, 0.25) is 11.8 Å². The predicted octanol–water partition coefficient (Wildman–Crippen LogP) is 4.26. The van der Waals surface area contributed by atoms with E-state index < -0.39 is 11.9 Å². The zero-order valence-electron chi connectivity index (χ0n) is 22.4. The molecule has 3 aromatic heterocycles. The summed E-state index contributed by atoms with van der Waals surface area (Å²) in [4.78, 5) is 51.4. The molecule has 8 nitrogen and oxygen atoms in total. The summed E-state index contributed by atoms with van der Waals surface area (Å²) in [6.45, 7) is 6.32. The average Bonchev–Trinajstić information content (AvgIpc) is 3.32. The van der Waals surface area contributed by atoms with E-state index in [-0.39, 0.29) is 64.4 Å². The highest BCUT2D eigenvalue weighted by Crippen LogP contribution is 2.63. The number of amides is 3. The van der Waals surface area contributed by atoms with Crippen molar-refractivity contribution in [3.05, 3.63) is 46.1 Å². The van der Waals surface area contributed by atoms with Gasteiger partial charge in [-0.2, -0.15) is 13.2 Å². The number of rotatable bonds is 5. The van der Waals surface area contributed by atoms with E-state index >= 15 is 0 Å². The van der Waals surface area contributed by atoms with Gasteiger partial charge in [-0.3, -0.25) is 24.3 Å². The minimum atomic E-state index is -4.70. The number of likely N-dealkylation sites (N-methyl/N-ethyl adjacent to an activating group) is 1. The SMILES string of the molecule is CN[C@H]1CCN(C(=O)c2c(C)cc(C(F)(F)F)nc2-c2ccnc3cc(CN4C(=O)C5C(C4=O)C5(C)C)sc23)C1. The number of hydrogen-bond acceptors (Lipinski definition) is 7. The Morgan fingerprint density at radius 3 is 2.52 bits per heavy atom. The molecular weight excluding hydrogens is 543 g/mol. The largest absolute Gasteiger partial charge is 0.433 e. The van der Waals surface area contributed by atoms with Crippen LogP contribution in [0.15, 0.2) is 24.4 Å². The maximum absolute atomic E-state index is 13.9. The number of carbonyl (C=O) groups excluding carboxylic acids is 3.